The number of rotatable bonds is 18. The van der Waals surface area contributed by atoms with Crippen LogP contribution in [0.3, 0.4) is 0 Å². The van der Waals surface area contributed by atoms with E-state index in [0.29, 0.717) is 68.0 Å². The molecule has 4 rings (SSSR count). The number of ketones is 3. The summed E-state index contributed by atoms with van der Waals surface area (Å²) >= 11 is 0. The van der Waals surface area contributed by atoms with E-state index in [1.807, 2.05) is 65.0 Å². The van der Waals surface area contributed by atoms with E-state index in [-0.39, 0.29) is 71.6 Å². The molecule has 1 aliphatic carbocycles. The van der Waals surface area contributed by atoms with Gasteiger partial charge < -0.3 is 41.9 Å². The number of piperidine rings is 1. The van der Waals surface area contributed by atoms with E-state index in [9.17, 15) is 4.79 Å². The average molecular weight is 1300 g/mol. The van der Waals surface area contributed by atoms with Gasteiger partial charge in [-0.3, -0.25) is 19.2 Å². The highest BCUT2D eigenvalue weighted by atomic mass is 28.4. The normalized spacial score (nSPS) is 33.8. The minimum atomic E-state index is -2.66. The molecule has 0 spiro atoms. The van der Waals surface area contributed by atoms with Gasteiger partial charge in [0, 0.05) is 58.5 Å². The molecule has 17 heteroatoms. The number of allylic oxidation sites excluding steroid dienone is 6. The van der Waals surface area contributed by atoms with Crippen molar-refractivity contribution in [1.82, 2.24) is 4.90 Å². The molecule has 0 aromatic carbocycles. The Morgan fingerprint density at radius 3 is 1.90 bits per heavy atom. The van der Waals surface area contributed by atoms with Crippen molar-refractivity contribution in [3.63, 3.8) is 0 Å². The summed E-state index contributed by atoms with van der Waals surface area (Å²) in [6, 6.07) is 1.10. The lowest BCUT2D eigenvalue weighted by Crippen LogP contribution is -2.65. The molecule has 1 amide bonds. The van der Waals surface area contributed by atoms with Crippen molar-refractivity contribution in [2.24, 2.45) is 35.5 Å². The summed E-state index contributed by atoms with van der Waals surface area (Å²) in [6.07, 6.45) is 15.2. The first-order valence-corrected chi connectivity index (χ1v) is 42.3. The van der Waals surface area contributed by atoms with Crippen molar-refractivity contribution in [1.29, 1.82) is 0 Å². The molecule has 89 heavy (non-hydrogen) atoms. The zero-order valence-corrected chi connectivity index (χ0v) is 63.3. The maximum atomic E-state index is 15.7. The minimum absolute atomic E-state index is 0.0387. The molecule has 0 aromatic heterocycles. The fourth-order valence-electron chi connectivity index (χ4n) is 15.0. The van der Waals surface area contributed by atoms with Crippen molar-refractivity contribution in [2.45, 2.75) is 316 Å². The highest BCUT2D eigenvalue weighted by molar-refractivity contribution is 6.77. The standard InChI is InChI=1S/C72H127NO13Si3/c1-25-88(26-2,27-3)86-72-56(16)36-38-58(83-72)45-62(79-20)51(11)34-30-28-29-33-50(10)41-54(14)65(75)67(81-22)66(85-87(23,24)71(17,18)19)55(15)42-52(12)60(74)46-63(82-70(78)59-35-31-32-40-73(59)69(77)68(72)76)53(13)43-57-37-39-61(64(44-57)80-21)84-89(47(4)5,48(6)7)49(8)9/h28-30,33-34,42,47-50,52-54,56-59,61-64,66-67H,25-27,31-32,35-41,43-46H2,1-24H3/b30-28+,33-29-,51-34+,55-42+/t50-,52-,53-,54-,56-,57+,58+,59+,61-,62+,63+,64-,66-,67+,72+/m1/s1. The molecule has 2 bridgehead atoms. The van der Waals surface area contributed by atoms with Crippen LogP contribution in [-0.4, -0.2) is 142 Å². The monoisotopic (exact) mass is 1300 g/mol. The number of amides is 1. The SMILES string of the molecule is CC[Si](CC)(CC)O[C@@]12O[C@@H](CC[C@H]1C)C[C@H](OC)/C(C)=C/C=C/C=C\[C@@H](C)C[C@@H](C)C(=O)[C@H](OC)[C@H](O[Si](C)(C)C(C)(C)C)/C(C)=C/[C@@H](C)C(=O)C[C@@H]([C@H](C)C[C@@H]1CC[C@@H](O[Si](C(C)C)(C(C)C)C(C)C)[C@H](OC)C1)OC(=O)[C@@H]1CCCCN1C(=O)C2=O. The summed E-state index contributed by atoms with van der Waals surface area (Å²) in [5.74, 6) is -5.86. The van der Waals surface area contributed by atoms with Gasteiger partial charge in [-0.05, 0) is 160 Å². The van der Waals surface area contributed by atoms with Crippen molar-refractivity contribution in [2.75, 3.05) is 27.9 Å². The van der Waals surface area contributed by atoms with E-state index in [0.717, 1.165) is 48.5 Å². The van der Waals surface area contributed by atoms with Gasteiger partial charge in [0.05, 0.1) is 30.5 Å². The van der Waals surface area contributed by atoms with Crippen LogP contribution in [0, 0.1) is 35.5 Å². The number of ether oxygens (including phenoxy) is 5. The maximum absolute atomic E-state index is 15.7. The quantitative estimate of drug-likeness (QED) is 0.0552. The molecule has 3 aliphatic heterocycles. The Balaban J connectivity index is 1.90. The second kappa shape index (κ2) is 34.6. The van der Waals surface area contributed by atoms with E-state index >= 15 is 19.2 Å². The lowest BCUT2D eigenvalue weighted by atomic mass is 9.78. The van der Waals surface area contributed by atoms with Crippen LogP contribution < -0.4 is 0 Å². The Kier molecular flexibility index (Phi) is 30.6. The van der Waals surface area contributed by atoms with Gasteiger partial charge in [-0.15, -0.1) is 0 Å². The molecule has 0 N–H and O–H groups in total. The van der Waals surface area contributed by atoms with Gasteiger partial charge >= 0.3 is 5.97 Å². The van der Waals surface area contributed by atoms with E-state index in [1.54, 1.807) is 21.3 Å². The zero-order valence-electron chi connectivity index (χ0n) is 60.3. The molecule has 1 saturated carbocycles. The molecule has 0 radical (unpaired) electrons. The Labute approximate surface area is 544 Å². The van der Waals surface area contributed by atoms with Gasteiger partial charge in [0.15, 0.2) is 22.4 Å². The third kappa shape index (κ3) is 19.7. The van der Waals surface area contributed by atoms with Crippen LogP contribution in [0.4, 0.5) is 0 Å². The number of fused-ring (bicyclic) bond motifs is 3. The highest BCUT2D eigenvalue weighted by Crippen LogP contribution is 2.47. The second-order valence-electron chi connectivity index (χ2n) is 30.2. The van der Waals surface area contributed by atoms with Crippen LogP contribution in [0.1, 0.15) is 209 Å². The summed E-state index contributed by atoms with van der Waals surface area (Å²) in [6.45, 7) is 45.0. The Hall–Kier alpha value is -2.72. The molecular weight excluding hydrogens is 1170 g/mol. The van der Waals surface area contributed by atoms with Gasteiger partial charge in [0.2, 0.25) is 14.1 Å². The fourth-order valence-corrected chi connectivity index (χ4v) is 24.8. The predicted octanol–water partition coefficient (Wildman–Crippen LogP) is 16.4. The van der Waals surface area contributed by atoms with E-state index in [4.69, 9.17) is 37.0 Å². The van der Waals surface area contributed by atoms with E-state index in [1.165, 1.54) is 4.90 Å². The first-order valence-electron chi connectivity index (χ1n) is 34.7. The molecule has 0 aromatic rings. The third-order valence-electron chi connectivity index (χ3n) is 22.0. The average Bonchev–Trinajstić information content (AvgIpc) is 3.03. The second-order valence-corrected chi connectivity index (χ2v) is 45.0. The van der Waals surface area contributed by atoms with Crippen LogP contribution in [0.25, 0.3) is 0 Å². The van der Waals surface area contributed by atoms with Gasteiger partial charge in [-0.2, -0.15) is 0 Å². The molecular formula is C72H127NO13Si3. The molecule has 510 valence electrons. The number of cyclic esters (lactones) is 1. The summed E-state index contributed by atoms with van der Waals surface area (Å²) in [5.41, 5.74) is 2.95. The number of carbonyl (C=O) groups excluding carboxylic acids is 5. The first kappa shape index (κ1) is 78.7. The molecule has 15 atom stereocenters. The summed E-state index contributed by atoms with van der Waals surface area (Å²) in [7, 11) is -2.42. The number of hydrogen-bond acceptors (Lipinski definition) is 13. The maximum Gasteiger partial charge on any atom is 0.329 e. The topological polar surface area (TPSA) is 162 Å². The molecule has 14 nitrogen and oxygen atoms in total. The number of esters is 1. The van der Waals surface area contributed by atoms with Gasteiger partial charge in [0.25, 0.3) is 11.7 Å². The summed E-state index contributed by atoms with van der Waals surface area (Å²) < 4.78 is 54.3. The van der Waals surface area contributed by atoms with Crippen molar-refractivity contribution in [3.8, 4) is 0 Å². The highest BCUT2D eigenvalue weighted by Gasteiger charge is 2.58. The molecule has 3 fully saturated rings. The van der Waals surface area contributed by atoms with Crippen molar-refractivity contribution in [3.05, 3.63) is 47.6 Å². The smallest absolute Gasteiger partial charge is 0.329 e. The van der Waals surface area contributed by atoms with Crippen LogP contribution in [0.5, 0.6) is 0 Å². The lowest BCUT2D eigenvalue weighted by Gasteiger charge is -2.49. The fraction of sp³-hybridized carbons (Fsp3) is 0.819. The Morgan fingerprint density at radius 2 is 1.34 bits per heavy atom. The lowest BCUT2D eigenvalue weighted by molar-refractivity contribution is -0.257. The van der Waals surface area contributed by atoms with Crippen LogP contribution in [-0.2, 0) is 60.9 Å². The molecule has 2 saturated heterocycles. The van der Waals surface area contributed by atoms with E-state index < -0.39 is 90.7 Å². The first-order chi connectivity index (χ1) is 41.6. The van der Waals surface area contributed by atoms with Gasteiger partial charge in [-0.25, -0.2) is 4.79 Å². The Morgan fingerprint density at radius 1 is 0.708 bits per heavy atom. The van der Waals surface area contributed by atoms with Crippen molar-refractivity contribution >= 4 is 54.2 Å². The largest absolute Gasteiger partial charge is 0.460 e. The number of methoxy groups -OCH3 is 3. The third-order valence-corrected chi connectivity index (χ3v) is 37.2. The minimum Gasteiger partial charge on any atom is -0.460 e. The molecule has 4 aliphatic rings. The van der Waals surface area contributed by atoms with Crippen LogP contribution in [0.15, 0.2) is 47.6 Å². The van der Waals surface area contributed by atoms with E-state index in [2.05, 4.69) is 116 Å². The van der Waals surface area contributed by atoms with Crippen LogP contribution >= 0.6 is 0 Å². The van der Waals surface area contributed by atoms with Crippen LogP contribution in [0.2, 0.25) is 52.9 Å². The predicted molar refractivity (Wildman–Crippen MR) is 367 cm³/mol. The van der Waals surface area contributed by atoms with Gasteiger partial charge in [0.1, 0.15) is 24.0 Å². The van der Waals surface area contributed by atoms with Crippen molar-refractivity contribution < 1.29 is 60.9 Å². The Bertz CT molecular complexity index is 2390. The number of Topliss-reactive ketones (excluding diaryl/α,β-unsaturated/α-hetero) is 3. The number of hydrogen-bond donors (Lipinski definition) is 0. The molecule has 3 heterocycles. The summed E-state index contributed by atoms with van der Waals surface area (Å²) in [5, 5.41) is -0.203. The molecule has 0 unspecified atom stereocenters. The number of nitrogens with zero attached hydrogens (tertiary/aromatic N) is 1. The number of carbonyl (C=O) groups is 5. The summed E-state index contributed by atoms with van der Waals surface area (Å²) in [4.78, 5) is 77.8. The van der Waals surface area contributed by atoms with Gasteiger partial charge in [-0.1, -0.05) is 154 Å². The zero-order chi connectivity index (χ0) is 67.1.